The zero-order valence-electron chi connectivity index (χ0n) is 12.6. The van der Waals surface area contributed by atoms with E-state index in [4.69, 9.17) is 14.7 Å². The van der Waals surface area contributed by atoms with Crippen LogP contribution in [0.4, 0.5) is 0 Å². The van der Waals surface area contributed by atoms with Gasteiger partial charge in [0.1, 0.15) is 6.42 Å². The van der Waals surface area contributed by atoms with Gasteiger partial charge in [0.15, 0.2) is 11.5 Å². The molecule has 0 fully saturated rings. The summed E-state index contributed by atoms with van der Waals surface area (Å²) in [6.07, 6.45) is 1.95. The SMILES string of the molecule is CCCCOc1ccc(CNC(=O)CC#N)cc1OCC. The van der Waals surface area contributed by atoms with Crippen LogP contribution >= 0.6 is 0 Å². The van der Waals surface area contributed by atoms with E-state index in [1.54, 1.807) is 0 Å². The number of hydrogen-bond acceptors (Lipinski definition) is 4. The smallest absolute Gasteiger partial charge is 0.234 e. The zero-order chi connectivity index (χ0) is 15.5. The van der Waals surface area contributed by atoms with E-state index in [0.29, 0.717) is 25.5 Å². The highest BCUT2D eigenvalue weighted by Crippen LogP contribution is 2.28. The van der Waals surface area contributed by atoms with Crippen LogP contribution in [-0.4, -0.2) is 19.1 Å². The first-order chi connectivity index (χ1) is 10.2. The van der Waals surface area contributed by atoms with Gasteiger partial charge in [-0.3, -0.25) is 4.79 Å². The minimum absolute atomic E-state index is 0.128. The number of amides is 1. The van der Waals surface area contributed by atoms with Crippen LogP contribution in [0, 0.1) is 11.3 Å². The van der Waals surface area contributed by atoms with E-state index >= 15 is 0 Å². The second-order valence-electron chi connectivity index (χ2n) is 4.53. The summed E-state index contributed by atoms with van der Waals surface area (Å²) in [4.78, 5) is 11.3. The Hall–Kier alpha value is -2.22. The first-order valence-electron chi connectivity index (χ1n) is 7.23. The fourth-order valence-electron chi connectivity index (χ4n) is 1.71. The molecule has 0 radical (unpaired) electrons. The molecule has 0 bridgehead atoms. The van der Waals surface area contributed by atoms with Crippen molar-refractivity contribution in [3.05, 3.63) is 23.8 Å². The molecule has 0 spiro atoms. The molecule has 21 heavy (non-hydrogen) atoms. The summed E-state index contributed by atoms with van der Waals surface area (Å²) >= 11 is 0. The number of ether oxygens (including phenoxy) is 2. The van der Waals surface area contributed by atoms with E-state index in [0.717, 1.165) is 24.2 Å². The number of nitriles is 1. The number of rotatable bonds is 9. The topological polar surface area (TPSA) is 71.3 Å². The molecule has 0 aliphatic rings. The molecule has 1 aromatic rings. The minimum Gasteiger partial charge on any atom is -0.490 e. The molecular weight excluding hydrogens is 268 g/mol. The molecular formula is C16H22N2O3. The van der Waals surface area contributed by atoms with Crippen LogP contribution in [-0.2, 0) is 11.3 Å². The molecule has 0 saturated carbocycles. The van der Waals surface area contributed by atoms with Crippen LogP contribution in [0.2, 0.25) is 0 Å². The van der Waals surface area contributed by atoms with Crippen molar-refractivity contribution in [1.29, 1.82) is 5.26 Å². The highest BCUT2D eigenvalue weighted by Gasteiger charge is 2.07. The van der Waals surface area contributed by atoms with Crippen molar-refractivity contribution in [3.8, 4) is 17.6 Å². The lowest BCUT2D eigenvalue weighted by molar-refractivity contribution is -0.120. The predicted octanol–water partition coefficient (Wildman–Crippen LogP) is 2.79. The van der Waals surface area contributed by atoms with Crippen LogP contribution in [0.25, 0.3) is 0 Å². The fraction of sp³-hybridized carbons (Fsp3) is 0.500. The number of nitrogens with zero attached hydrogens (tertiary/aromatic N) is 1. The summed E-state index contributed by atoms with van der Waals surface area (Å²) in [6, 6.07) is 7.41. The predicted molar refractivity (Wildman–Crippen MR) is 80.1 cm³/mol. The third-order valence-corrected chi connectivity index (χ3v) is 2.79. The second-order valence-corrected chi connectivity index (χ2v) is 4.53. The Kier molecular flexibility index (Phi) is 7.73. The molecule has 0 aliphatic heterocycles. The molecule has 0 aliphatic carbocycles. The zero-order valence-corrected chi connectivity index (χ0v) is 12.6. The number of hydrogen-bond donors (Lipinski definition) is 1. The molecule has 0 heterocycles. The third kappa shape index (κ3) is 6.17. The molecule has 1 N–H and O–H groups in total. The van der Waals surface area contributed by atoms with E-state index in [1.807, 2.05) is 31.2 Å². The van der Waals surface area contributed by atoms with E-state index in [9.17, 15) is 4.79 Å². The van der Waals surface area contributed by atoms with Gasteiger partial charge in [-0.25, -0.2) is 0 Å². The molecule has 114 valence electrons. The Morgan fingerprint density at radius 2 is 2.10 bits per heavy atom. The summed E-state index contributed by atoms with van der Waals surface area (Å²) in [6.45, 7) is 5.61. The lowest BCUT2D eigenvalue weighted by Gasteiger charge is -2.13. The molecule has 0 unspecified atom stereocenters. The maximum atomic E-state index is 11.3. The highest BCUT2D eigenvalue weighted by atomic mass is 16.5. The highest BCUT2D eigenvalue weighted by molar-refractivity contribution is 5.77. The van der Waals surface area contributed by atoms with Gasteiger partial charge in [0.2, 0.25) is 5.91 Å². The average Bonchev–Trinajstić information content (AvgIpc) is 2.48. The van der Waals surface area contributed by atoms with Gasteiger partial charge in [-0.15, -0.1) is 0 Å². The Morgan fingerprint density at radius 3 is 2.76 bits per heavy atom. The largest absolute Gasteiger partial charge is 0.490 e. The standard InChI is InChI=1S/C16H22N2O3/c1-3-5-10-21-14-7-6-13(11-15(14)20-4-2)12-18-16(19)8-9-17/h6-7,11H,3-5,8,10,12H2,1-2H3,(H,18,19). The van der Waals surface area contributed by atoms with Crippen molar-refractivity contribution < 1.29 is 14.3 Å². The molecule has 0 atom stereocenters. The van der Waals surface area contributed by atoms with Gasteiger partial charge in [0.25, 0.3) is 0 Å². The van der Waals surface area contributed by atoms with Crippen molar-refractivity contribution in [3.63, 3.8) is 0 Å². The molecule has 0 aromatic heterocycles. The summed E-state index contributed by atoms with van der Waals surface area (Å²) in [5.41, 5.74) is 0.910. The van der Waals surface area contributed by atoms with Crippen LogP contribution in [0.5, 0.6) is 11.5 Å². The number of benzene rings is 1. The number of carbonyl (C=O) groups excluding carboxylic acids is 1. The van der Waals surface area contributed by atoms with Crippen LogP contribution < -0.4 is 14.8 Å². The summed E-state index contributed by atoms with van der Waals surface area (Å²) in [5, 5.41) is 11.1. The number of unbranched alkanes of at least 4 members (excludes halogenated alkanes) is 1. The van der Waals surface area contributed by atoms with Gasteiger partial charge in [-0.2, -0.15) is 5.26 Å². The Bertz CT molecular complexity index is 495. The van der Waals surface area contributed by atoms with Crippen molar-refractivity contribution in [2.75, 3.05) is 13.2 Å². The molecule has 5 nitrogen and oxygen atoms in total. The number of carbonyl (C=O) groups is 1. The first kappa shape index (κ1) is 16.8. The van der Waals surface area contributed by atoms with Gasteiger partial charge in [0.05, 0.1) is 19.3 Å². The maximum absolute atomic E-state index is 11.3. The van der Waals surface area contributed by atoms with Gasteiger partial charge in [-0.05, 0) is 31.0 Å². The molecule has 1 aromatic carbocycles. The van der Waals surface area contributed by atoms with Gasteiger partial charge in [0, 0.05) is 6.54 Å². The monoisotopic (exact) mass is 290 g/mol. The average molecular weight is 290 g/mol. The van der Waals surface area contributed by atoms with Crippen LogP contribution in [0.1, 0.15) is 38.7 Å². The van der Waals surface area contributed by atoms with Crippen molar-refractivity contribution in [1.82, 2.24) is 5.32 Å². The van der Waals surface area contributed by atoms with Gasteiger partial charge in [-0.1, -0.05) is 19.4 Å². The van der Waals surface area contributed by atoms with Crippen molar-refractivity contribution in [2.45, 2.75) is 39.7 Å². The Labute approximate surface area is 125 Å². The van der Waals surface area contributed by atoms with E-state index < -0.39 is 0 Å². The maximum Gasteiger partial charge on any atom is 0.234 e. The summed E-state index contributed by atoms with van der Waals surface area (Å²) < 4.78 is 11.3. The summed E-state index contributed by atoms with van der Waals surface area (Å²) in [5.74, 6) is 1.12. The second kappa shape index (κ2) is 9.65. The first-order valence-corrected chi connectivity index (χ1v) is 7.23. The summed E-state index contributed by atoms with van der Waals surface area (Å²) in [7, 11) is 0. The quantitative estimate of drug-likeness (QED) is 0.710. The Morgan fingerprint density at radius 1 is 1.29 bits per heavy atom. The van der Waals surface area contributed by atoms with E-state index in [2.05, 4.69) is 12.2 Å². The molecule has 5 heteroatoms. The Balaban J connectivity index is 2.68. The minimum atomic E-state index is -0.279. The molecule has 1 amide bonds. The van der Waals surface area contributed by atoms with Gasteiger partial charge >= 0.3 is 0 Å². The van der Waals surface area contributed by atoms with E-state index in [-0.39, 0.29) is 12.3 Å². The van der Waals surface area contributed by atoms with E-state index in [1.165, 1.54) is 0 Å². The lowest BCUT2D eigenvalue weighted by Crippen LogP contribution is -2.21. The van der Waals surface area contributed by atoms with Gasteiger partial charge < -0.3 is 14.8 Å². The third-order valence-electron chi connectivity index (χ3n) is 2.79. The normalized spacial score (nSPS) is 9.76. The van der Waals surface area contributed by atoms with Crippen molar-refractivity contribution >= 4 is 5.91 Å². The lowest BCUT2D eigenvalue weighted by atomic mass is 10.2. The molecule has 1 rings (SSSR count). The van der Waals surface area contributed by atoms with Crippen LogP contribution in [0.3, 0.4) is 0 Å². The number of nitrogens with one attached hydrogen (secondary N) is 1. The van der Waals surface area contributed by atoms with Crippen LogP contribution in [0.15, 0.2) is 18.2 Å². The van der Waals surface area contributed by atoms with Crippen molar-refractivity contribution in [2.24, 2.45) is 0 Å². The molecule has 0 saturated heterocycles. The fourth-order valence-corrected chi connectivity index (χ4v) is 1.71.